The Hall–Kier alpha value is -2.17. The standard InChI is InChI=1S/C12H12O5/c1-14-9-5-4-7-8(13)6-10(15-2)17-11(7)12(9)16-3/h4-6H,1-3H3. The molecular weight excluding hydrogens is 224 g/mol. The molecule has 0 aliphatic heterocycles. The zero-order chi connectivity index (χ0) is 12.4. The summed E-state index contributed by atoms with van der Waals surface area (Å²) < 4.78 is 20.7. The maximum Gasteiger partial charge on any atom is 0.288 e. The van der Waals surface area contributed by atoms with Crippen LogP contribution in [0.3, 0.4) is 0 Å². The minimum atomic E-state index is -0.191. The van der Waals surface area contributed by atoms with Gasteiger partial charge in [-0.2, -0.15) is 0 Å². The highest BCUT2D eigenvalue weighted by Gasteiger charge is 2.14. The van der Waals surface area contributed by atoms with Crippen LogP contribution in [0.25, 0.3) is 11.0 Å². The van der Waals surface area contributed by atoms with E-state index < -0.39 is 0 Å². The molecule has 0 N–H and O–H groups in total. The van der Waals surface area contributed by atoms with E-state index in [4.69, 9.17) is 18.6 Å². The molecule has 17 heavy (non-hydrogen) atoms. The summed E-state index contributed by atoms with van der Waals surface area (Å²) in [6, 6.07) is 4.57. The van der Waals surface area contributed by atoms with Gasteiger partial charge in [-0.25, -0.2) is 0 Å². The lowest BCUT2D eigenvalue weighted by Crippen LogP contribution is -2.02. The zero-order valence-electron chi connectivity index (χ0n) is 9.77. The second-order valence-corrected chi connectivity index (χ2v) is 3.31. The van der Waals surface area contributed by atoms with Crippen molar-refractivity contribution in [1.82, 2.24) is 0 Å². The Bertz CT molecular complexity index is 600. The molecule has 1 aromatic carbocycles. The van der Waals surface area contributed by atoms with Gasteiger partial charge in [-0.15, -0.1) is 0 Å². The maximum atomic E-state index is 11.8. The molecule has 0 saturated carbocycles. The van der Waals surface area contributed by atoms with E-state index in [2.05, 4.69) is 0 Å². The van der Waals surface area contributed by atoms with Gasteiger partial charge in [0.1, 0.15) is 0 Å². The van der Waals surface area contributed by atoms with Crippen LogP contribution in [0.5, 0.6) is 17.4 Å². The molecule has 5 nitrogen and oxygen atoms in total. The molecule has 0 aliphatic carbocycles. The topological polar surface area (TPSA) is 57.9 Å². The van der Waals surface area contributed by atoms with Crippen LogP contribution in [0.15, 0.2) is 27.4 Å². The quantitative estimate of drug-likeness (QED) is 0.813. The summed E-state index contributed by atoms with van der Waals surface area (Å²) in [5.74, 6) is 1.01. The Morgan fingerprint density at radius 1 is 1.06 bits per heavy atom. The van der Waals surface area contributed by atoms with Gasteiger partial charge in [0.05, 0.1) is 32.8 Å². The molecule has 2 rings (SSSR count). The number of hydrogen-bond acceptors (Lipinski definition) is 5. The van der Waals surface area contributed by atoms with Gasteiger partial charge in [-0.3, -0.25) is 4.79 Å². The van der Waals surface area contributed by atoms with Gasteiger partial charge in [0.2, 0.25) is 5.75 Å². The Morgan fingerprint density at radius 3 is 2.41 bits per heavy atom. The molecule has 0 aliphatic rings. The number of benzene rings is 1. The highest BCUT2D eigenvalue weighted by molar-refractivity contribution is 5.85. The van der Waals surface area contributed by atoms with E-state index in [-0.39, 0.29) is 11.4 Å². The largest absolute Gasteiger partial charge is 0.493 e. The molecule has 0 saturated heterocycles. The van der Waals surface area contributed by atoms with Gasteiger partial charge in [-0.05, 0) is 12.1 Å². The average molecular weight is 236 g/mol. The fraction of sp³-hybridized carbons (Fsp3) is 0.250. The second kappa shape index (κ2) is 4.37. The first-order valence-corrected chi connectivity index (χ1v) is 4.94. The van der Waals surface area contributed by atoms with Crippen molar-refractivity contribution < 1.29 is 18.6 Å². The van der Waals surface area contributed by atoms with Crippen LogP contribution < -0.4 is 19.6 Å². The van der Waals surface area contributed by atoms with E-state index in [0.29, 0.717) is 22.5 Å². The SMILES string of the molecule is COc1cc(=O)c2ccc(OC)c(OC)c2o1. The van der Waals surface area contributed by atoms with Gasteiger partial charge in [-0.1, -0.05) is 0 Å². The first-order valence-electron chi connectivity index (χ1n) is 4.94. The predicted molar refractivity (Wildman–Crippen MR) is 62.1 cm³/mol. The summed E-state index contributed by atoms with van der Waals surface area (Å²) >= 11 is 0. The first kappa shape index (κ1) is 11.3. The molecule has 0 amide bonds. The summed E-state index contributed by atoms with van der Waals surface area (Å²) in [6.45, 7) is 0. The monoisotopic (exact) mass is 236 g/mol. The summed E-state index contributed by atoms with van der Waals surface area (Å²) in [7, 11) is 4.43. The third kappa shape index (κ3) is 1.80. The highest BCUT2D eigenvalue weighted by atomic mass is 16.6. The molecule has 0 radical (unpaired) electrons. The van der Waals surface area contributed by atoms with Crippen molar-refractivity contribution in [2.24, 2.45) is 0 Å². The lowest BCUT2D eigenvalue weighted by Gasteiger charge is -2.09. The van der Waals surface area contributed by atoms with Crippen LogP contribution in [0.4, 0.5) is 0 Å². The zero-order valence-corrected chi connectivity index (χ0v) is 9.77. The van der Waals surface area contributed by atoms with Crippen molar-refractivity contribution in [2.45, 2.75) is 0 Å². The summed E-state index contributed by atoms with van der Waals surface area (Å²) in [5, 5.41) is 0.420. The molecule has 0 atom stereocenters. The molecule has 2 aromatic rings. The smallest absolute Gasteiger partial charge is 0.288 e. The summed E-state index contributed by atoms with van der Waals surface area (Å²) in [4.78, 5) is 11.8. The molecule has 5 heteroatoms. The van der Waals surface area contributed by atoms with Crippen molar-refractivity contribution in [3.8, 4) is 17.4 Å². The van der Waals surface area contributed by atoms with E-state index >= 15 is 0 Å². The van der Waals surface area contributed by atoms with Crippen LogP contribution in [0, 0.1) is 0 Å². The van der Waals surface area contributed by atoms with Crippen molar-refractivity contribution in [1.29, 1.82) is 0 Å². The highest BCUT2D eigenvalue weighted by Crippen LogP contribution is 2.35. The Balaban J connectivity index is 2.86. The molecule has 0 spiro atoms. The van der Waals surface area contributed by atoms with Crippen molar-refractivity contribution >= 4 is 11.0 Å². The number of rotatable bonds is 3. The third-order valence-corrected chi connectivity index (χ3v) is 2.42. The number of ether oxygens (including phenoxy) is 3. The number of methoxy groups -OCH3 is 3. The van der Waals surface area contributed by atoms with Gasteiger partial charge in [0.15, 0.2) is 16.8 Å². The van der Waals surface area contributed by atoms with Gasteiger partial charge in [0.25, 0.3) is 5.95 Å². The Labute approximate surface area is 97.5 Å². The van der Waals surface area contributed by atoms with Crippen molar-refractivity contribution in [2.75, 3.05) is 21.3 Å². The van der Waals surface area contributed by atoms with Crippen LogP contribution in [0.2, 0.25) is 0 Å². The van der Waals surface area contributed by atoms with Gasteiger partial charge >= 0.3 is 0 Å². The maximum absolute atomic E-state index is 11.8. The van der Waals surface area contributed by atoms with Crippen LogP contribution in [-0.2, 0) is 0 Å². The summed E-state index contributed by atoms with van der Waals surface area (Å²) in [6.07, 6.45) is 0. The third-order valence-electron chi connectivity index (χ3n) is 2.42. The van der Waals surface area contributed by atoms with Crippen molar-refractivity contribution in [3.05, 3.63) is 28.4 Å². The van der Waals surface area contributed by atoms with E-state index in [1.807, 2.05) is 0 Å². The molecule has 1 aromatic heterocycles. The van der Waals surface area contributed by atoms with Gasteiger partial charge < -0.3 is 18.6 Å². The number of fused-ring (bicyclic) bond motifs is 1. The molecule has 0 fully saturated rings. The van der Waals surface area contributed by atoms with Crippen molar-refractivity contribution in [3.63, 3.8) is 0 Å². The lowest BCUT2D eigenvalue weighted by molar-refractivity contribution is 0.302. The van der Waals surface area contributed by atoms with E-state index in [1.165, 1.54) is 27.4 Å². The molecular formula is C12H12O5. The van der Waals surface area contributed by atoms with Crippen LogP contribution in [0.1, 0.15) is 0 Å². The van der Waals surface area contributed by atoms with Crippen LogP contribution in [-0.4, -0.2) is 21.3 Å². The molecule has 0 unspecified atom stereocenters. The van der Waals surface area contributed by atoms with Crippen LogP contribution >= 0.6 is 0 Å². The lowest BCUT2D eigenvalue weighted by atomic mass is 10.2. The van der Waals surface area contributed by atoms with E-state index in [0.717, 1.165) is 0 Å². The minimum Gasteiger partial charge on any atom is -0.493 e. The Kier molecular flexibility index (Phi) is 2.91. The first-order chi connectivity index (χ1) is 8.21. The fourth-order valence-electron chi connectivity index (χ4n) is 1.61. The molecule has 1 heterocycles. The average Bonchev–Trinajstić information content (AvgIpc) is 2.36. The normalized spacial score (nSPS) is 10.3. The molecule has 0 bridgehead atoms. The fourth-order valence-corrected chi connectivity index (χ4v) is 1.61. The van der Waals surface area contributed by atoms with Gasteiger partial charge in [0, 0.05) is 0 Å². The molecule has 90 valence electrons. The minimum absolute atomic E-state index is 0.133. The van der Waals surface area contributed by atoms with E-state index in [1.54, 1.807) is 12.1 Å². The number of hydrogen-bond donors (Lipinski definition) is 0. The summed E-state index contributed by atoms with van der Waals surface area (Å²) in [5.41, 5.74) is 0.125. The predicted octanol–water partition coefficient (Wildman–Crippen LogP) is 1.82. The second-order valence-electron chi connectivity index (χ2n) is 3.31. The Morgan fingerprint density at radius 2 is 1.82 bits per heavy atom. The van der Waals surface area contributed by atoms with E-state index in [9.17, 15) is 4.79 Å².